The number of nitrogens with one attached hydrogen (secondary N) is 2. The molecule has 1 aliphatic heterocycles. The Kier molecular flexibility index (Phi) is 4.87. The summed E-state index contributed by atoms with van der Waals surface area (Å²) >= 11 is 0. The summed E-state index contributed by atoms with van der Waals surface area (Å²) in [5.41, 5.74) is 0. The second-order valence-corrected chi connectivity index (χ2v) is 6.12. The van der Waals surface area contributed by atoms with Crippen molar-refractivity contribution in [3.05, 3.63) is 0 Å². The third-order valence-corrected chi connectivity index (χ3v) is 4.05. The van der Waals surface area contributed by atoms with E-state index in [4.69, 9.17) is 5.11 Å². The Labute approximate surface area is 101 Å². The molecule has 7 nitrogen and oxygen atoms in total. The minimum atomic E-state index is -3.71. The molecule has 0 aromatic carbocycles. The molecule has 17 heavy (non-hydrogen) atoms. The second kappa shape index (κ2) is 5.76. The van der Waals surface area contributed by atoms with Crippen molar-refractivity contribution >= 4 is 16.2 Å². The predicted octanol–water partition coefficient (Wildman–Crippen LogP) is -1.16. The molecule has 0 bridgehead atoms. The number of rotatable bonds is 5. The number of carbonyl (C=O) groups is 1. The van der Waals surface area contributed by atoms with Crippen LogP contribution in [0.15, 0.2) is 0 Å². The number of carboxylic acids is 1. The quantitative estimate of drug-likeness (QED) is 0.582. The third-order valence-electron chi connectivity index (χ3n) is 2.46. The van der Waals surface area contributed by atoms with Gasteiger partial charge in [-0.05, 0) is 5.92 Å². The third kappa shape index (κ3) is 3.91. The second-order valence-electron chi connectivity index (χ2n) is 4.42. The largest absolute Gasteiger partial charge is 0.480 e. The van der Waals surface area contributed by atoms with Crippen molar-refractivity contribution in [3.63, 3.8) is 0 Å². The van der Waals surface area contributed by atoms with E-state index in [-0.39, 0.29) is 19.0 Å². The molecular formula is C9H19N3O4S. The van der Waals surface area contributed by atoms with E-state index in [0.29, 0.717) is 13.1 Å². The Hall–Kier alpha value is -0.700. The van der Waals surface area contributed by atoms with Gasteiger partial charge in [-0.3, -0.25) is 4.79 Å². The Balaban J connectivity index is 2.76. The van der Waals surface area contributed by atoms with E-state index in [1.165, 1.54) is 0 Å². The molecule has 0 radical (unpaired) electrons. The molecule has 0 aliphatic carbocycles. The van der Waals surface area contributed by atoms with Crippen LogP contribution in [0.2, 0.25) is 0 Å². The molecule has 1 saturated heterocycles. The monoisotopic (exact) mass is 265 g/mol. The highest BCUT2D eigenvalue weighted by atomic mass is 32.2. The fraction of sp³-hybridized carbons (Fsp3) is 0.889. The molecule has 1 aliphatic rings. The molecule has 100 valence electrons. The fourth-order valence-electron chi connectivity index (χ4n) is 1.54. The Bertz CT molecular complexity index is 368. The Morgan fingerprint density at radius 1 is 1.59 bits per heavy atom. The van der Waals surface area contributed by atoms with Crippen LogP contribution in [0.3, 0.4) is 0 Å². The zero-order valence-electron chi connectivity index (χ0n) is 10.0. The normalized spacial score (nSPS) is 22.9. The molecule has 1 atom stereocenters. The highest BCUT2D eigenvalue weighted by Crippen LogP contribution is 2.09. The minimum Gasteiger partial charge on any atom is -0.480 e. The lowest BCUT2D eigenvalue weighted by atomic mass is 10.2. The van der Waals surface area contributed by atoms with Crippen molar-refractivity contribution in [2.45, 2.75) is 19.9 Å². The average molecular weight is 265 g/mol. The van der Waals surface area contributed by atoms with E-state index >= 15 is 0 Å². The van der Waals surface area contributed by atoms with E-state index in [9.17, 15) is 13.2 Å². The van der Waals surface area contributed by atoms with Gasteiger partial charge in [-0.1, -0.05) is 13.8 Å². The molecule has 8 heteroatoms. The summed E-state index contributed by atoms with van der Waals surface area (Å²) in [5, 5.41) is 11.8. The van der Waals surface area contributed by atoms with Crippen LogP contribution in [0.5, 0.6) is 0 Å². The molecule has 0 saturated carbocycles. The van der Waals surface area contributed by atoms with Crippen LogP contribution in [-0.2, 0) is 15.0 Å². The van der Waals surface area contributed by atoms with Gasteiger partial charge in [0.25, 0.3) is 10.2 Å². The molecule has 0 spiro atoms. The van der Waals surface area contributed by atoms with Crippen molar-refractivity contribution in [1.82, 2.24) is 14.3 Å². The van der Waals surface area contributed by atoms with Gasteiger partial charge >= 0.3 is 5.97 Å². The lowest BCUT2D eigenvalue weighted by Crippen LogP contribution is -2.59. The van der Waals surface area contributed by atoms with Gasteiger partial charge in [0.15, 0.2) is 0 Å². The Morgan fingerprint density at radius 2 is 2.24 bits per heavy atom. The molecule has 0 amide bonds. The predicted molar refractivity (Wildman–Crippen MR) is 62.8 cm³/mol. The van der Waals surface area contributed by atoms with Crippen LogP contribution < -0.4 is 10.0 Å². The molecule has 3 N–H and O–H groups in total. The molecular weight excluding hydrogens is 246 g/mol. The molecule has 0 aromatic heterocycles. The lowest BCUT2D eigenvalue weighted by Gasteiger charge is -2.32. The van der Waals surface area contributed by atoms with E-state index in [1.54, 1.807) is 0 Å². The van der Waals surface area contributed by atoms with Crippen LogP contribution in [0, 0.1) is 5.92 Å². The van der Waals surface area contributed by atoms with Crippen molar-refractivity contribution in [3.8, 4) is 0 Å². The van der Waals surface area contributed by atoms with Gasteiger partial charge < -0.3 is 10.4 Å². The zero-order valence-corrected chi connectivity index (χ0v) is 10.8. The van der Waals surface area contributed by atoms with Gasteiger partial charge in [0.2, 0.25) is 0 Å². The van der Waals surface area contributed by atoms with Crippen molar-refractivity contribution in [2.24, 2.45) is 5.92 Å². The van der Waals surface area contributed by atoms with Gasteiger partial charge in [0.05, 0.1) is 0 Å². The van der Waals surface area contributed by atoms with Crippen LogP contribution in [0.1, 0.15) is 13.8 Å². The summed E-state index contributed by atoms with van der Waals surface area (Å²) in [6, 6.07) is -1.03. The SMILES string of the molecule is CC(C)CNS(=O)(=O)N1CCNCC1C(=O)O. The Morgan fingerprint density at radius 3 is 2.76 bits per heavy atom. The molecule has 1 heterocycles. The molecule has 1 unspecified atom stereocenters. The highest BCUT2D eigenvalue weighted by molar-refractivity contribution is 7.87. The van der Waals surface area contributed by atoms with Crippen LogP contribution in [0.25, 0.3) is 0 Å². The van der Waals surface area contributed by atoms with Gasteiger partial charge in [-0.15, -0.1) is 0 Å². The smallest absolute Gasteiger partial charge is 0.323 e. The molecule has 1 fully saturated rings. The first-order chi connectivity index (χ1) is 7.84. The van der Waals surface area contributed by atoms with Crippen LogP contribution in [-0.4, -0.2) is 56.0 Å². The van der Waals surface area contributed by atoms with Gasteiger partial charge in [0.1, 0.15) is 6.04 Å². The van der Waals surface area contributed by atoms with Crippen molar-refractivity contribution in [1.29, 1.82) is 0 Å². The lowest BCUT2D eigenvalue weighted by molar-refractivity contribution is -0.141. The zero-order chi connectivity index (χ0) is 13.1. The molecule has 0 aromatic rings. The number of piperazine rings is 1. The van der Waals surface area contributed by atoms with E-state index < -0.39 is 22.2 Å². The first-order valence-corrected chi connectivity index (χ1v) is 6.98. The van der Waals surface area contributed by atoms with Gasteiger partial charge in [-0.25, -0.2) is 4.72 Å². The molecule has 1 rings (SSSR count). The van der Waals surface area contributed by atoms with Crippen molar-refractivity contribution < 1.29 is 18.3 Å². The first kappa shape index (κ1) is 14.4. The highest BCUT2D eigenvalue weighted by Gasteiger charge is 2.36. The summed E-state index contributed by atoms with van der Waals surface area (Å²) in [6.07, 6.45) is 0. The minimum absolute atomic E-state index is 0.137. The number of hydrogen-bond acceptors (Lipinski definition) is 4. The first-order valence-electron chi connectivity index (χ1n) is 5.54. The summed E-state index contributed by atoms with van der Waals surface area (Å²) in [5.74, 6) is -0.955. The maximum Gasteiger partial charge on any atom is 0.323 e. The van der Waals surface area contributed by atoms with E-state index in [1.807, 2.05) is 13.8 Å². The van der Waals surface area contributed by atoms with Crippen LogP contribution in [0.4, 0.5) is 0 Å². The average Bonchev–Trinajstić information content (AvgIpc) is 2.26. The number of nitrogens with zero attached hydrogens (tertiary/aromatic N) is 1. The van der Waals surface area contributed by atoms with E-state index in [0.717, 1.165) is 4.31 Å². The summed E-state index contributed by atoms with van der Waals surface area (Å²) in [6.45, 7) is 4.84. The summed E-state index contributed by atoms with van der Waals surface area (Å²) in [7, 11) is -3.71. The van der Waals surface area contributed by atoms with Gasteiger partial charge in [0, 0.05) is 26.2 Å². The van der Waals surface area contributed by atoms with Crippen LogP contribution >= 0.6 is 0 Å². The van der Waals surface area contributed by atoms with E-state index in [2.05, 4.69) is 10.0 Å². The summed E-state index contributed by atoms with van der Waals surface area (Å²) < 4.78 is 27.3. The van der Waals surface area contributed by atoms with Gasteiger partial charge in [-0.2, -0.15) is 12.7 Å². The summed E-state index contributed by atoms with van der Waals surface area (Å²) in [4.78, 5) is 11.0. The topological polar surface area (TPSA) is 98.7 Å². The fourth-order valence-corrected chi connectivity index (χ4v) is 3.08. The number of aliphatic carboxylic acids is 1. The maximum absolute atomic E-state index is 11.9. The van der Waals surface area contributed by atoms with Crippen molar-refractivity contribution in [2.75, 3.05) is 26.2 Å². The standard InChI is InChI=1S/C9H19N3O4S/c1-7(2)5-11-17(15,16)12-4-3-10-6-8(12)9(13)14/h7-8,10-11H,3-6H2,1-2H3,(H,13,14). The number of hydrogen-bond donors (Lipinski definition) is 3. The maximum atomic E-state index is 11.9. The number of carboxylic acid groups (broad SMARTS) is 1.